The second-order valence-electron chi connectivity index (χ2n) is 6.06. The third-order valence-corrected chi connectivity index (χ3v) is 5.49. The molecule has 0 spiro atoms. The van der Waals surface area contributed by atoms with Crippen LogP contribution in [0.4, 0.5) is 13.2 Å². The molecule has 0 aliphatic rings. The van der Waals surface area contributed by atoms with Gasteiger partial charge in [-0.25, -0.2) is 4.79 Å². The number of alkyl halides is 3. The van der Waals surface area contributed by atoms with Crippen molar-refractivity contribution in [3.8, 4) is 0 Å². The largest absolute Gasteiger partial charge is 0.453 e. The molecule has 2 rings (SSSR count). The minimum atomic E-state index is -4.77. The summed E-state index contributed by atoms with van der Waals surface area (Å²) in [6.45, 7) is 4.77. The predicted molar refractivity (Wildman–Crippen MR) is 87.4 cm³/mol. The molecule has 0 fully saturated rings. The zero-order valence-electron chi connectivity index (χ0n) is 13.3. The Kier molecular flexibility index (Phi) is 5.25. The third kappa shape index (κ3) is 4.48. The lowest BCUT2D eigenvalue weighted by Gasteiger charge is -2.18. The van der Waals surface area contributed by atoms with Gasteiger partial charge in [-0.1, -0.05) is 30.3 Å². The van der Waals surface area contributed by atoms with E-state index >= 15 is 0 Å². The fourth-order valence-corrected chi connectivity index (χ4v) is 4.26. The highest BCUT2D eigenvalue weighted by atomic mass is 35.5. The van der Waals surface area contributed by atoms with E-state index in [1.165, 1.54) is 0 Å². The van der Waals surface area contributed by atoms with Crippen LogP contribution in [0.3, 0.4) is 0 Å². The number of esters is 1. The molecule has 1 unspecified atom stereocenters. The first-order chi connectivity index (χ1) is 11.0. The average Bonchev–Trinajstić information content (AvgIpc) is 2.75. The van der Waals surface area contributed by atoms with E-state index in [-0.39, 0.29) is 10.2 Å². The molecule has 8 heteroatoms. The molecule has 0 aliphatic carbocycles. The van der Waals surface area contributed by atoms with Gasteiger partial charge in [-0.15, -0.1) is 0 Å². The van der Waals surface area contributed by atoms with E-state index in [0.717, 1.165) is 5.56 Å². The Labute approximate surface area is 145 Å². The summed E-state index contributed by atoms with van der Waals surface area (Å²) in [5.74, 6) is -0.870. The molecular weight excluding hydrogens is 363 g/mol. The SMILES string of the molecule is CC(C)(C)OC(=O)c1c(C(F)(F)F)nc(Cl)[s+]1Cc1ccccc1. The van der Waals surface area contributed by atoms with E-state index < -0.39 is 38.8 Å². The summed E-state index contributed by atoms with van der Waals surface area (Å²) in [5, 5.41) is 0. The number of carbonyl (C=O) groups excluding carboxylic acids is 1. The minimum Gasteiger partial charge on any atom is -0.453 e. The van der Waals surface area contributed by atoms with Crippen molar-refractivity contribution in [3.05, 3.63) is 50.9 Å². The van der Waals surface area contributed by atoms with Gasteiger partial charge in [-0.3, -0.25) is 0 Å². The van der Waals surface area contributed by atoms with E-state index in [1.807, 2.05) is 0 Å². The quantitative estimate of drug-likeness (QED) is 0.522. The van der Waals surface area contributed by atoms with Crippen molar-refractivity contribution < 1.29 is 22.7 Å². The lowest BCUT2D eigenvalue weighted by Crippen LogP contribution is -2.25. The predicted octanol–water partition coefficient (Wildman–Crippen LogP) is 5.51. The monoisotopic (exact) mass is 378 g/mol. The van der Waals surface area contributed by atoms with E-state index in [2.05, 4.69) is 4.98 Å². The lowest BCUT2D eigenvalue weighted by molar-refractivity contribution is -0.141. The maximum atomic E-state index is 13.3. The standard InChI is InChI=1S/C16H16ClF3NO2S/c1-15(2,3)23-13(22)11-12(16(18,19)20)21-14(17)24(11)9-10-7-5-4-6-8-10/h4-8H,9H2,1-3H3/q+1. The summed E-state index contributed by atoms with van der Waals surface area (Å²) in [6, 6.07) is 8.84. The molecule has 24 heavy (non-hydrogen) atoms. The van der Waals surface area contributed by atoms with Crippen LogP contribution in [0.5, 0.6) is 0 Å². The first-order valence-electron chi connectivity index (χ1n) is 7.03. The summed E-state index contributed by atoms with van der Waals surface area (Å²) < 4.78 is 44.7. The molecule has 0 radical (unpaired) electrons. The van der Waals surface area contributed by atoms with Crippen LogP contribution < -0.4 is 0 Å². The van der Waals surface area contributed by atoms with Crippen LogP contribution in [-0.2, 0) is 16.7 Å². The normalized spacial score (nSPS) is 13.0. The Balaban J connectivity index is 2.53. The average molecular weight is 379 g/mol. The first-order valence-corrected chi connectivity index (χ1v) is 8.80. The number of hydrogen-bond acceptors (Lipinski definition) is 3. The van der Waals surface area contributed by atoms with Crippen molar-refractivity contribution in [2.45, 2.75) is 38.3 Å². The Morgan fingerprint density at radius 3 is 2.29 bits per heavy atom. The first kappa shape index (κ1) is 18.7. The van der Waals surface area contributed by atoms with Crippen LogP contribution in [0.1, 0.15) is 41.7 Å². The number of nitrogens with zero attached hydrogens (tertiary/aromatic N) is 1. The molecular formula is C16H16ClF3NO2S+. The molecule has 1 atom stereocenters. The summed E-state index contributed by atoms with van der Waals surface area (Å²) in [6.07, 6.45) is -4.77. The molecule has 0 saturated heterocycles. The fraction of sp³-hybridized carbons (Fsp3) is 0.375. The Hall–Kier alpha value is -1.60. The van der Waals surface area contributed by atoms with Crippen molar-refractivity contribution >= 4 is 28.0 Å². The molecule has 3 nitrogen and oxygen atoms in total. The number of carbonyl (C=O) groups is 1. The number of aromatic nitrogens is 1. The van der Waals surface area contributed by atoms with Gasteiger partial charge in [-0.2, -0.15) is 18.2 Å². The van der Waals surface area contributed by atoms with Crippen molar-refractivity contribution in [2.75, 3.05) is 0 Å². The van der Waals surface area contributed by atoms with Gasteiger partial charge >= 0.3 is 16.6 Å². The van der Waals surface area contributed by atoms with E-state index in [1.54, 1.807) is 51.1 Å². The van der Waals surface area contributed by atoms with Crippen LogP contribution in [0.25, 0.3) is 0 Å². The number of ether oxygens (including phenoxy) is 1. The van der Waals surface area contributed by atoms with Gasteiger partial charge in [-0.05, 0) is 32.4 Å². The summed E-state index contributed by atoms with van der Waals surface area (Å²) in [5.41, 5.74) is -1.42. The molecule has 0 bridgehead atoms. The van der Waals surface area contributed by atoms with E-state index in [9.17, 15) is 18.0 Å². The highest BCUT2D eigenvalue weighted by molar-refractivity contribution is 7.35. The summed E-state index contributed by atoms with van der Waals surface area (Å²) in [7, 11) is -1.30. The maximum Gasteiger partial charge on any atom is 0.439 e. The van der Waals surface area contributed by atoms with Gasteiger partial charge in [0.15, 0.2) is 5.75 Å². The molecule has 0 N–H and O–H groups in total. The summed E-state index contributed by atoms with van der Waals surface area (Å²) >= 11 is 5.95. The van der Waals surface area contributed by atoms with Gasteiger partial charge in [0.2, 0.25) is 5.69 Å². The Bertz CT molecular complexity index is 736. The zero-order valence-corrected chi connectivity index (χ0v) is 14.9. The number of benzene rings is 1. The smallest absolute Gasteiger partial charge is 0.439 e. The summed E-state index contributed by atoms with van der Waals surface area (Å²) in [4.78, 5) is 15.3. The molecule has 2 aromatic rings. The van der Waals surface area contributed by atoms with Crippen LogP contribution >= 0.6 is 22.1 Å². The minimum absolute atomic E-state index is 0.164. The Morgan fingerprint density at radius 1 is 1.21 bits per heavy atom. The molecule has 130 valence electrons. The Morgan fingerprint density at radius 2 is 1.79 bits per heavy atom. The molecule has 0 amide bonds. The molecule has 1 aromatic heterocycles. The fourth-order valence-electron chi connectivity index (χ4n) is 1.98. The third-order valence-electron chi connectivity index (χ3n) is 2.87. The molecule has 1 heterocycles. The number of rotatable bonds is 3. The van der Waals surface area contributed by atoms with E-state index in [4.69, 9.17) is 16.3 Å². The van der Waals surface area contributed by atoms with Gasteiger partial charge in [0.25, 0.3) is 4.88 Å². The highest BCUT2D eigenvalue weighted by Gasteiger charge is 2.48. The second-order valence-corrected chi connectivity index (χ2v) is 8.51. The van der Waals surface area contributed by atoms with Crippen LogP contribution in [0.15, 0.2) is 30.3 Å². The van der Waals surface area contributed by atoms with Crippen LogP contribution in [-0.4, -0.2) is 16.6 Å². The topological polar surface area (TPSA) is 39.2 Å². The molecule has 0 saturated carbocycles. The molecule has 0 aliphatic heterocycles. The number of hydrogen-bond donors (Lipinski definition) is 0. The second kappa shape index (κ2) is 6.72. The molecule has 1 aromatic carbocycles. The van der Waals surface area contributed by atoms with Gasteiger partial charge in [0.1, 0.15) is 5.60 Å². The van der Waals surface area contributed by atoms with Gasteiger partial charge in [0.05, 0.1) is 0 Å². The van der Waals surface area contributed by atoms with Crippen LogP contribution in [0.2, 0.25) is 4.47 Å². The zero-order chi connectivity index (χ0) is 18.1. The van der Waals surface area contributed by atoms with Crippen molar-refractivity contribution in [3.63, 3.8) is 0 Å². The van der Waals surface area contributed by atoms with Gasteiger partial charge in [0, 0.05) is 16.0 Å². The van der Waals surface area contributed by atoms with Crippen molar-refractivity contribution in [2.24, 2.45) is 0 Å². The van der Waals surface area contributed by atoms with Gasteiger partial charge < -0.3 is 4.74 Å². The lowest BCUT2D eigenvalue weighted by atomic mass is 10.2. The maximum absolute atomic E-state index is 13.3. The van der Waals surface area contributed by atoms with E-state index in [0.29, 0.717) is 0 Å². The van der Waals surface area contributed by atoms with Crippen molar-refractivity contribution in [1.82, 2.24) is 4.98 Å². The highest BCUT2D eigenvalue weighted by Crippen LogP contribution is 2.44. The number of thiazole rings is 1. The van der Waals surface area contributed by atoms with Crippen molar-refractivity contribution in [1.29, 1.82) is 0 Å². The number of halogens is 4. The van der Waals surface area contributed by atoms with Crippen LogP contribution in [0, 0.1) is 0 Å².